The zero-order chi connectivity index (χ0) is 21.2. The first-order chi connectivity index (χ1) is 15.2. The number of rotatable bonds is 5. The molecule has 0 aliphatic carbocycles. The van der Waals surface area contributed by atoms with Gasteiger partial charge in [-0.1, -0.05) is 29.4 Å². The summed E-state index contributed by atoms with van der Waals surface area (Å²) in [4.78, 5) is 13.6. The third kappa shape index (κ3) is 4.00. The summed E-state index contributed by atoms with van der Waals surface area (Å²) in [6.07, 6.45) is 1.77. The van der Waals surface area contributed by atoms with Gasteiger partial charge >= 0.3 is 0 Å². The Hall–Kier alpha value is -4.06. The lowest BCUT2D eigenvalue weighted by Crippen LogP contribution is -1.99. The Morgan fingerprint density at radius 1 is 0.903 bits per heavy atom. The molecule has 0 unspecified atom stereocenters. The molecule has 2 aromatic carbocycles. The molecule has 0 N–H and O–H groups in total. The maximum atomic E-state index is 5.95. The highest BCUT2D eigenvalue weighted by atomic mass is 16.5. The molecule has 3 aromatic heterocycles. The summed E-state index contributed by atoms with van der Waals surface area (Å²) in [5.41, 5.74) is 5.22. The average molecular weight is 408 g/mol. The van der Waals surface area contributed by atoms with Crippen LogP contribution in [0.3, 0.4) is 0 Å². The number of ether oxygens (including phenoxy) is 1. The number of pyridine rings is 1. The minimum absolute atomic E-state index is 0.402. The van der Waals surface area contributed by atoms with Crippen LogP contribution in [0.15, 0.2) is 77.4 Å². The van der Waals surface area contributed by atoms with Gasteiger partial charge in [-0.3, -0.25) is 0 Å². The third-order valence-electron chi connectivity index (χ3n) is 4.97. The highest BCUT2D eigenvalue weighted by Gasteiger charge is 2.14. The van der Waals surface area contributed by atoms with Gasteiger partial charge in [-0.25, -0.2) is 15.0 Å². The van der Waals surface area contributed by atoms with E-state index in [4.69, 9.17) is 9.26 Å². The summed E-state index contributed by atoms with van der Waals surface area (Å²) in [7, 11) is 0. The van der Waals surface area contributed by atoms with E-state index in [1.807, 2.05) is 68.4 Å². The van der Waals surface area contributed by atoms with Gasteiger partial charge in [-0.2, -0.15) is 0 Å². The van der Waals surface area contributed by atoms with E-state index < -0.39 is 0 Å². The van der Waals surface area contributed by atoms with Gasteiger partial charge in [0.15, 0.2) is 5.76 Å². The molecule has 6 heteroatoms. The van der Waals surface area contributed by atoms with Crippen molar-refractivity contribution in [2.24, 2.45) is 0 Å². The van der Waals surface area contributed by atoms with Gasteiger partial charge in [0.1, 0.15) is 18.2 Å². The lowest BCUT2D eigenvalue weighted by atomic mass is 10.0. The fourth-order valence-electron chi connectivity index (χ4n) is 3.42. The molecule has 152 valence electrons. The van der Waals surface area contributed by atoms with Crippen molar-refractivity contribution in [1.82, 2.24) is 20.1 Å². The fourth-order valence-corrected chi connectivity index (χ4v) is 3.42. The summed E-state index contributed by atoms with van der Waals surface area (Å²) in [6.45, 7) is 4.16. The second kappa shape index (κ2) is 7.99. The maximum absolute atomic E-state index is 5.95. The number of fused-ring (bicyclic) bond motifs is 1. The second-order valence-corrected chi connectivity index (χ2v) is 7.32. The van der Waals surface area contributed by atoms with Crippen molar-refractivity contribution in [3.05, 3.63) is 90.1 Å². The molecular weight excluding hydrogens is 388 g/mol. The Kier molecular flexibility index (Phi) is 4.88. The number of nitrogens with zero attached hydrogens (tertiary/aromatic N) is 4. The Labute approximate surface area is 179 Å². The Balaban J connectivity index is 1.37. The highest BCUT2D eigenvalue weighted by Crippen LogP contribution is 2.31. The number of benzene rings is 2. The van der Waals surface area contributed by atoms with Crippen molar-refractivity contribution >= 4 is 10.9 Å². The Bertz CT molecular complexity index is 1360. The van der Waals surface area contributed by atoms with Crippen LogP contribution in [0.2, 0.25) is 0 Å². The van der Waals surface area contributed by atoms with Crippen molar-refractivity contribution in [2.75, 3.05) is 0 Å². The third-order valence-corrected chi connectivity index (χ3v) is 4.97. The molecule has 0 aliphatic rings. The lowest BCUT2D eigenvalue weighted by molar-refractivity contribution is 0.302. The summed E-state index contributed by atoms with van der Waals surface area (Å²) in [5.74, 6) is 2.11. The van der Waals surface area contributed by atoms with Gasteiger partial charge in [0.05, 0.1) is 28.2 Å². The van der Waals surface area contributed by atoms with Crippen LogP contribution in [0.4, 0.5) is 0 Å². The topological polar surface area (TPSA) is 73.9 Å². The number of hydrogen-bond acceptors (Lipinski definition) is 6. The largest absolute Gasteiger partial charge is 0.487 e. The molecule has 0 atom stereocenters. The first-order valence-corrected chi connectivity index (χ1v) is 10.0. The molecular formula is C25H20N4O2. The van der Waals surface area contributed by atoms with Crippen LogP contribution >= 0.6 is 0 Å². The molecule has 31 heavy (non-hydrogen) atoms. The van der Waals surface area contributed by atoms with E-state index in [0.29, 0.717) is 18.2 Å². The van der Waals surface area contributed by atoms with Crippen LogP contribution in [-0.4, -0.2) is 20.1 Å². The molecule has 0 radical (unpaired) electrons. The number of para-hydroxylation sites is 1. The second-order valence-electron chi connectivity index (χ2n) is 7.32. The number of aromatic nitrogens is 4. The summed E-state index contributed by atoms with van der Waals surface area (Å²) < 4.78 is 11.4. The van der Waals surface area contributed by atoms with E-state index in [2.05, 4.69) is 32.2 Å². The lowest BCUT2D eigenvalue weighted by Gasteiger charge is -2.09. The van der Waals surface area contributed by atoms with Gasteiger partial charge in [-0.05, 0) is 50.2 Å². The van der Waals surface area contributed by atoms with Gasteiger partial charge in [0.25, 0.3) is 0 Å². The molecule has 0 saturated carbocycles. The molecule has 5 rings (SSSR count). The van der Waals surface area contributed by atoms with Crippen LogP contribution in [0.25, 0.3) is 33.5 Å². The molecule has 0 saturated heterocycles. The molecule has 6 nitrogen and oxygen atoms in total. The summed E-state index contributed by atoms with van der Waals surface area (Å²) in [5, 5.41) is 5.10. The first kappa shape index (κ1) is 18.9. The minimum atomic E-state index is 0.402. The van der Waals surface area contributed by atoms with Crippen LogP contribution in [0.5, 0.6) is 5.75 Å². The van der Waals surface area contributed by atoms with E-state index in [1.54, 1.807) is 6.20 Å². The molecule has 0 fully saturated rings. The Morgan fingerprint density at radius 2 is 1.74 bits per heavy atom. The van der Waals surface area contributed by atoms with E-state index in [0.717, 1.165) is 44.9 Å². The van der Waals surface area contributed by atoms with Gasteiger partial charge in [-0.15, -0.1) is 0 Å². The molecule has 3 heterocycles. The molecule has 0 bridgehead atoms. The van der Waals surface area contributed by atoms with Crippen LogP contribution in [0.1, 0.15) is 17.2 Å². The SMILES string of the molecule is Cc1cc(-c2cnc(C)nc2-c2ccc(OCc3ccc4ccccc4n3)cc2)on1. The molecule has 0 spiro atoms. The van der Waals surface area contributed by atoms with Crippen LogP contribution < -0.4 is 4.74 Å². The predicted molar refractivity (Wildman–Crippen MR) is 119 cm³/mol. The van der Waals surface area contributed by atoms with E-state index >= 15 is 0 Å². The fraction of sp³-hybridized carbons (Fsp3) is 0.120. The molecule has 5 aromatic rings. The van der Waals surface area contributed by atoms with Gasteiger partial charge in [0, 0.05) is 23.2 Å². The van der Waals surface area contributed by atoms with Gasteiger partial charge < -0.3 is 9.26 Å². The van der Waals surface area contributed by atoms with Gasteiger partial charge in [0.2, 0.25) is 0 Å². The van der Waals surface area contributed by atoms with Crippen molar-refractivity contribution in [3.63, 3.8) is 0 Å². The number of hydrogen-bond donors (Lipinski definition) is 0. The van der Waals surface area contributed by atoms with E-state index in [9.17, 15) is 0 Å². The zero-order valence-electron chi connectivity index (χ0n) is 17.2. The minimum Gasteiger partial charge on any atom is -0.487 e. The average Bonchev–Trinajstić information content (AvgIpc) is 3.24. The molecule has 0 amide bonds. The zero-order valence-corrected chi connectivity index (χ0v) is 17.2. The maximum Gasteiger partial charge on any atom is 0.170 e. The van der Waals surface area contributed by atoms with Crippen LogP contribution in [-0.2, 0) is 6.61 Å². The summed E-state index contributed by atoms with van der Waals surface area (Å²) >= 11 is 0. The quantitative estimate of drug-likeness (QED) is 0.380. The molecule has 0 aliphatic heterocycles. The van der Waals surface area contributed by atoms with Crippen molar-refractivity contribution in [1.29, 1.82) is 0 Å². The monoisotopic (exact) mass is 408 g/mol. The summed E-state index contributed by atoms with van der Waals surface area (Å²) in [6, 6.07) is 21.8. The van der Waals surface area contributed by atoms with Crippen molar-refractivity contribution in [3.8, 4) is 28.3 Å². The van der Waals surface area contributed by atoms with Crippen molar-refractivity contribution in [2.45, 2.75) is 20.5 Å². The van der Waals surface area contributed by atoms with E-state index in [-0.39, 0.29) is 0 Å². The van der Waals surface area contributed by atoms with Crippen LogP contribution in [0, 0.1) is 13.8 Å². The first-order valence-electron chi connectivity index (χ1n) is 10.0. The normalized spacial score (nSPS) is 11.0. The standard InChI is InChI=1S/C25H20N4O2/c1-16-13-24(31-29-16)22-14-26-17(2)27-25(22)19-8-11-21(12-9-19)30-15-20-10-7-18-5-3-4-6-23(18)28-20/h3-14H,15H2,1-2H3. The number of aryl methyl sites for hydroxylation is 2. The smallest absolute Gasteiger partial charge is 0.170 e. The predicted octanol–water partition coefficient (Wildman–Crippen LogP) is 5.54. The Morgan fingerprint density at radius 3 is 2.55 bits per heavy atom. The van der Waals surface area contributed by atoms with Crippen molar-refractivity contribution < 1.29 is 9.26 Å². The van der Waals surface area contributed by atoms with E-state index in [1.165, 1.54) is 0 Å². The highest BCUT2D eigenvalue weighted by molar-refractivity contribution is 5.79.